The smallest absolute Gasteiger partial charge is 0.238 e. The molecule has 0 saturated carbocycles. The Hall–Kier alpha value is -1.56. The molecule has 0 spiro atoms. The maximum atomic E-state index is 11.9. The molecule has 1 heterocycles. The van der Waals surface area contributed by atoms with Crippen molar-refractivity contribution in [3.05, 3.63) is 29.8 Å². The molecule has 1 aliphatic heterocycles. The van der Waals surface area contributed by atoms with Crippen molar-refractivity contribution in [1.29, 1.82) is 0 Å². The molecule has 2 rings (SSSR count). The minimum absolute atomic E-state index is 0.118. The van der Waals surface area contributed by atoms with E-state index in [1.54, 1.807) is 12.1 Å². The van der Waals surface area contributed by atoms with Gasteiger partial charge in [-0.15, -0.1) is 0 Å². The molecule has 19 heavy (non-hydrogen) atoms. The van der Waals surface area contributed by atoms with E-state index in [9.17, 15) is 13.2 Å². The lowest BCUT2D eigenvalue weighted by Gasteiger charge is -2.21. The van der Waals surface area contributed by atoms with E-state index in [1.165, 1.54) is 0 Å². The fraction of sp³-hybridized carbons (Fsp3) is 0.462. The van der Waals surface area contributed by atoms with Crippen LogP contribution < -0.4 is 11.1 Å². The first-order valence-electron chi connectivity index (χ1n) is 6.33. The van der Waals surface area contributed by atoms with E-state index >= 15 is 0 Å². The topological polar surface area (TPSA) is 89.3 Å². The largest absolute Gasteiger partial charge is 0.399 e. The van der Waals surface area contributed by atoms with Crippen LogP contribution in [0.3, 0.4) is 0 Å². The third kappa shape index (κ3) is 3.47. The third-order valence-corrected chi connectivity index (χ3v) is 5.49. The van der Waals surface area contributed by atoms with Crippen LogP contribution >= 0.6 is 0 Å². The van der Waals surface area contributed by atoms with Gasteiger partial charge in [-0.05, 0) is 30.5 Å². The molecule has 1 amide bonds. The van der Waals surface area contributed by atoms with Gasteiger partial charge in [-0.2, -0.15) is 0 Å². The molecule has 1 aliphatic rings. The molecule has 1 saturated heterocycles. The van der Waals surface area contributed by atoms with Crippen molar-refractivity contribution < 1.29 is 13.2 Å². The molecule has 5 nitrogen and oxygen atoms in total. The second-order valence-corrected chi connectivity index (χ2v) is 7.11. The molecule has 1 atom stereocenters. The van der Waals surface area contributed by atoms with Crippen molar-refractivity contribution in [1.82, 2.24) is 5.32 Å². The zero-order chi connectivity index (χ0) is 13.9. The minimum Gasteiger partial charge on any atom is -0.399 e. The van der Waals surface area contributed by atoms with Gasteiger partial charge < -0.3 is 11.1 Å². The minimum atomic E-state index is -3.27. The van der Waals surface area contributed by atoms with E-state index in [-0.39, 0.29) is 5.75 Å². The summed E-state index contributed by atoms with van der Waals surface area (Å²) in [7, 11) is -3.27. The van der Waals surface area contributed by atoms with Crippen LogP contribution in [0, 0.1) is 0 Å². The van der Waals surface area contributed by atoms with E-state index in [0.29, 0.717) is 25.1 Å². The molecular formula is C13H18N2O3S. The van der Waals surface area contributed by atoms with Crippen LogP contribution in [0.5, 0.6) is 0 Å². The molecule has 0 radical (unpaired) electrons. The average Bonchev–Trinajstić information content (AvgIpc) is 2.37. The number of nitrogens with one attached hydrogen (secondary N) is 1. The zero-order valence-corrected chi connectivity index (χ0v) is 11.4. The molecule has 1 fully saturated rings. The molecule has 0 aliphatic carbocycles. The van der Waals surface area contributed by atoms with E-state index in [1.807, 2.05) is 12.1 Å². The molecular weight excluding hydrogens is 264 g/mol. The van der Waals surface area contributed by atoms with E-state index < -0.39 is 21.0 Å². The summed E-state index contributed by atoms with van der Waals surface area (Å²) in [4.78, 5) is 11.9. The van der Waals surface area contributed by atoms with Crippen LogP contribution in [0.25, 0.3) is 0 Å². The van der Waals surface area contributed by atoms with Gasteiger partial charge in [0.25, 0.3) is 0 Å². The number of anilines is 1. The summed E-state index contributed by atoms with van der Waals surface area (Å²) in [5, 5.41) is 1.81. The quantitative estimate of drug-likeness (QED) is 0.804. The average molecular weight is 282 g/mol. The SMILES string of the molecule is Nc1ccc(CNC(=O)C2CCCCS2(=O)=O)cc1. The number of nitrogen functional groups attached to an aromatic ring is 1. The third-order valence-electron chi connectivity index (χ3n) is 3.32. The molecule has 3 N–H and O–H groups in total. The van der Waals surface area contributed by atoms with Crippen molar-refractivity contribution in [3.8, 4) is 0 Å². The second-order valence-electron chi connectivity index (χ2n) is 4.81. The number of benzene rings is 1. The first-order chi connectivity index (χ1) is 8.99. The standard InChI is InChI=1S/C13H18N2O3S/c14-11-6-4-10(5-7-11)9-15-13(16)12-3-1-2-8-19(12,17)18/h4-7,12H,1-3,8-9,14H2,(H,15,16). The number of hydrogen-bond acceptors (Lipinski definition) is 4. The Kier molecular flexibility index (Phi) is 4.09. The van der Waals surface area contributed by atoms with Crippen molar-refractivity contribution in [2.75, 3.05) is 11.5 Å². The highest BCUT2D eigenvalue weighted by atomic mass is 32.2. The van der Waals surface area contributed by atoms with Gasteiger partial charge in [0.2, 0.25) is 5.91 Å². The maximum Gasteiger partial charge on any atom is 0.238 e. The molecule has 104 valence electrons. The van der Waals surface area contributed by atoms with Crippen LogP contribution in [0.1, 0.15) is 24.8 Å². The lowest BCUT2D eigenvalue weighted by molar-refractivity contribution is -0.121. The number of amides is 1. The predicted molar refractivity (Wildman–Crippen MR) is 74.1 cm³/mol. The first-order valence-corrected chi connectivity index (χ1v) is 8.04. The molecule has 0 bridgehead atoms. The van der Waals surface area contributed by atoms with Crippen molar-refractivity contribution >= 4 is 21.4 Å². The van der Waals surface area contributed by atoms with Crippen LogP contribution in [0.15, 0.2) is 24.3 Å². The Morgan fingerprint density at radius 3 is 2.58 bits per heavy atom. The van der Waals surface area contributed by atoms with Gasteiger partial charge >= 0.3 is 0 Å². The summed E-state index contributed by atoms with van der Waals surface area (Å²) < 4.78 is 23.6. The van der Waals surface area contributed by atoms with Gasteiger partial charge in [-0.3, -0.25) is 4.79 Å². The van der Waals surface area contributed by atoms with Crippen LogP contribution in [-0.2, 0) is 21.2 Å². The van der Waals surface area contributed by atoms with Crippen LogP contribution in [-0.4, -0.2) is 25.3 Å². The summed E-state index contributed by atoms with van der Waals surface area (Å²) in [6.07, 6.45) is 1.87. The van der Waals surface area contributed by atoms with E-state index in [4.69, 9.17) is 5.73 Å². The van der Waals surface area contributed by atoms with Crippen molar-refractivity contribution in [2.24, 2.45) is 0 Å². The Labute approximate surface area is 113 Å². The van der Waals surface area contributed by atoms with Gasteiger partial charge in [0, 0.05) is 12.2 Å². The number of carbonyl (C=O) groups is 1. The van der Waals surface area contributed by atoms with Crippen LogP contribution in [0.4, 0.5) is 5.69 Å². The monoisotopic (exact) mass is 282 g/mol. The molecule has 0 aromatic heterocycles. The van der Waals surface area contributed by atoms with Crippen molar-refractivity contribution in [2.45, 2.75) is 31.1 Å². The Morgan fingerprint density at radius 1 is 1.26 bits per heavy atom. The van der Waals surface area contributed by atoms with Crippen LogP contribution in [0.2, 0.25) is 0 Å². The first kappa shape index (κ1) is 13.9. The fourth-order valence-corrected chi connectivity index (χ4v) is 4.01. The highest BCUT2D eigenvalue weighted by Crippen LogP contribution is 2.19. The van der Waals surface area contributed by atoms with Gasteiger partial charge in [0.05, 0.1) is 5.75 Å². The Balaban J connectivity index is 1.96. The Bertz CT molecular complexity index is 552. The summed E-state index contributed by atoms with van der Waals surface area (Å²) >= 11 is 0. The van der Waals surface area contributed by atoms with E-state index in [2.05, 4.69) is 5.32 Å². The summed E-state index contributed by atoms with van der Waals surface area (Å²) in [6.45, 7) is 0.325. The second kappa shape index (κ2) is 5.61. The normalized spacial score (nSPS) is 21.8. The number of nitrogens with two attached hydrogens (primary N) is 1. The summed E-state index contributed by atoms with van der Waals surface area (Å²) in [5.41, 5.74) is 7.12. The van der Waals surface area contributed by atoms with Gasteiger partial charge in [0.15, 0.2) is 9.84 Å². The number of hydrogen-bond donors (Lipinski definition) is 2. The maximum absolute atomic E-state index is 11.9. The zero-order valence-electron chi connectivity index (χ0n) is 10.6. The summed E-state index contributed by atoms with van der Waals surface area (Å²) in [6, 6.07) is 7.12. The van der Waals surface area contributed by atoms with E-state index in [0.717, 1.165) is 12.0 Å². The molecule has 6 heteroatoms. The lowest BCUT2D eigenvalue weighted by Crippen LogP contribution is -2.42. The van der Waals surface area contributed by atoms with Gasteiger partial charge in [0.1, 0.15) is 5.25 Å². The van der Waals surface area contributed by atoms with Gasteiger partial charge in [-0.25, -0.2) is 8.42 Å². The Morgan fingerprint density at radius 2 is 1.95 bits per heavy atom. The molecule has 1 aromatic carbocycles. The fourth-order valence-electron chi connectivity index (χ4n) is 2.19. The number of rotatable bonds is 3. The highest BCUT2D eigenvalue weighted by Gasteiger charge is 2.34. The molecule has 1 unspecified atom stereocenters. The highest BCUT2D eigenvalue weighted by molar-refractivity contribution is 7.92. The number of sulfone groups is 1. The van der Waals surface area contributed by atoms with Crippen molar-refractivity contribution in [3.63, 3.8) is 0 Å². The predicted octanol–water partition coefficient (Wildman–Crippen LogP) is 0.852. The van der Waals surface area contributed by atoms with Gasteiger partial charge in [-0.1, -0.05) is 18.6 Å². The number of carbonyl (C=O) groups excluding carboxylic acids is 1. The molecule has 1 aromatic rings. The summed E-state index contributed by atoms with van der Waals surface area (Å²) in [5.74, 6) is -0.274. The lowest BCUT2D eigenvalue weighted by atomic mass is 10.1.